The Labute approximate surface area is 132 Å². The Bertz CT molecular complexity index is 852. The summed E-state index contributed by atoms with van der Waals surface area (Å²) in [6, 6.07) is 8.57. The van der Waals surface area contributed by atoms with E-state index >= 15 is 0 Å². The van der Waals surface area contributed by atoms with Crippen LogP contribution < -0.4 is 4.72 Å². The van der Waals surface area contributed by atoms with Crippen molar-refractivity contribution in [3.05, 3.63) is 45.2 Å². The molecule has 0 bridgehead atoms. The number of hydrogen-bond acceptors (Lipinski definition) is 5. The van der Waals surface area contributed by atoms with Gasteiger partial charge in [0, 0.05) is 4.47 Å². The van der Waals surface area contributed by atoms with Crippen molar-refractivity contribution in [1.29, 1.82) is 5.26 Å². The predicted octanol–water partition coefficient (Wildman–Crippen LogP) is 2.88. The van der Waals surface area contributed by atoms with E-state index in [4.69, 9.17) is 10.4 Å². The minimum atomic E-state index is -3.82. The van der Waals surface area contributed by atoms with Crippen molar-refractivity contribution >= 4 is 48.9 Å². The highest BCUT2D eigenvalue weighted by Crippen LogP contribution is 2.28. The molecule has 0 saturated heterocycles. The van der Waals surface area contributed by atoms with Gasteiger partial charge in [0.1, 0.15) is 15.2 Å². The monoisotopic (exact) mass is 386 g/mol. The second-order valence-corrected chi connectivity index (χ2v) is 7.68. The van der Waals surface area contributed by atoms with Crippen LogP contribution in [-0.4, -0.2) is 19.5 Å². The molecule has 1 aromatic heterocycles. The molecule has 0 spiro atoms. The third-order valence-electron chi connectivity index (χ3n) is 2.42. The summed E-state index contributed by atoms with van der Waals surface area (Å²) in [7, 11) is -3.82. The highest BCUT2D eigenvalue weighted by atomic mass is 79.9. The van der Waals surface area contributed by atoms with Gasteiger partial charge >= 0.3 is 5.97 Å². The number of hydrogen-bond donors (Lipinski definition) is 2. The third-order valence-corrected chi connectivity index (χ3v) is 5.92. The van der Waals surface area contributed by atoms with Crippen molar-refractivity contribution in [1.82, 2.24) is 0 Å². The van der Waals surface area contributed by atoms with Gasteiger partial charge in [0.25, 0.3) is 10.0 Å². The van der Waals surface area contributed by atoms with E-state index in [0.29, 0.717) is 4.47 Å². The zero-order chi connectivity index (χ0) is 15.6. The number of nitrogens with zero attached hydrogens (tertiary/aromatic N) is 1. The quantitative estimate of drug-likeness (QED) is 0.839. The number of benzene rings is 1. The maximum absolute atomic E-state index is 12.2. The van der Waals surface area contributed by atoms with Gasteiger partial charge in [-0.2, -0.15) is 5.26 Å². The number of rotatable bonds is 4. The summed E-state index contributed by atoms with van der Waals surface area (Å²) in [5.74, 6) is -1.11. The lowest BCUT2D eigenvalue weighted by atomic mass is 10.2. The smallest absolute Gasteiger partial charge is 0.335 e. The molecule has 0 aliphatic heterocycles. The molecule has 9 heteroatoms. The first kappa shape index (κ1) is 15.5. The molecule has 1 aromatic carbocycles. The van der Waals surface area contributed by atoms with E-state index in [1.807, 2.05) is 6.07 Å². The molecule has 0 atom stereocenters. The molecule has 21 heavy (non-hydrogen) atoms. The minimum absolute atomic E-state index is 0.00765. The molecule has 108 valence electrons. The number of carboxylic acid groups (broad SMARTS) is 1. The first-order valence-electron chi connectivity index (χ1n) is 5.39. The first-order valence-corrected chi connectivity index (χ1v) is 8.48. The fraction of sp³-hybridized carbons (Fsp3) is 0. The molecule has 0 saturated carbocycles. The molecule has 2 aromatic rings. The van der Waals surface area contributed by atoms with Gasteiger partial charge in [-0.05, 0) is 46.3 Å². The fourth-order valence-corrected chi connectivity index (χ4v) is 4.24. The van der Waals surface area contributed by atoms with Crippen LogP contribution >= 0.6 is 27.3 Å². The third kappa shape index (κ3) is 3.41. The average Bonchev–Trinajstić information content (AvgIpc) is 2.90. The van der Waals surface area contributed by atoms with E-state index in [9.17, 15) is 13.2 Å². The number of nitrogens with one attached hydrogen (secondary N) is 1. The van der Waals surface area contributed by atoms with Crippen molar-refractivity contribution < 1.29 is 18.3 Å². The van der Waals surface area contributed by atoms with E-state index in [2.05, 4.69) is 20.7 Å². The highest BCUT2D eigenvalue weighted by Gasteiger charge is 2.18. The molecular weight excluding hydrogens is 380 g/mol. The maximum Gasteiger partial charge on any atom is 0.335 e. The van der Waals surface area contributed by atoms with Crippen LogP contribution in [0.2, 0.25) is 0 Å². The summed E-state index contributed by atoms with van der Waals surface area (Å²) < 4.78 is 27.0. The van der Waals surface area contributed by atoms with Crippen LogP contribution in [0.25, 0.3) is 0 Å². The van der Waals surface area contributed by atoms with Gasteiger partial charge in [-0.3, -0.25) is 4.72 Å². The first-order chi connectivity index (χ1) is 9.83. The van der Waals surface area contributed by atoms with Crippen molar-refractivity contribution in [2.45, 2.75) is 4.21 Å². The minimum Gasteiger partial charge on any atom is -0.478 e. The number of carbonyl (C=O) groups is 1. The summed E-state index contributed by atoms with van der Waals surface area (Å²) in [5.41, 5.74) is 0.250. The number of thiophene rings is 1. The predicted molar refractivity (Wildman–Crippen MR) is 80.9 cm³/mol. The molecule has 2 N–H and O–H groups in total. The van der Waals surface area contributed by atoms with Crippen LogP contribution in [0, 0.1) is 11.3 Å². The van der Waals surface area contributed by atoms with Crippen molar-refractivity contribution in [2.24, 2.45) is 0 Å². The van der Waals surface area contributed by atoms with E-state index in [1.165, 1.54) is 30.3 Å². The largest absolute Gasteiger partial charge is 0.478 e. The van der Waals surface area contributed by atoms with E-state index in [0.717, 1.165) is 11.3 Å². The standard InChI is InChI=1S/C12H7BrN2O4S2/c13-9-5-7(12(16)17)1-3-10(9)15-21(18,19)11-4-2-8(6-14)20-11/h1-5,15H,(H,16,17). The van der Waals surface area contributed by atoms with Crippen LogP contribution in [0.5, 0.6) is 0 Å². The zero-order valence-corrected chi connectivity index (χ0v) is 13.4. The molecule has 0 amide bonds. The van der Waals surface area contributed by atoms with Gasteiger partial charge < -0.3 is 5.11 Å². The summed E-state index contributed by atoms with van der Waals surface area (Å²) in [6.45, 7) is 0. The second-order valence-electron chi connectivity index (χ2n) is 3.84. The SMILES string of the molecule is N#Cc1ccc(S(=O)(=O)Nc2ccc(C(=O)O)cc2Br)s1. The molecule has 2 rings (SSSR count). The molecule has 0 radical (unpaired) electrons. The Kier molecular flexibility index (Phi) is 4.32. The second kappa shape index (κ2) is 5.85. The molecule has 0 aliphatic carbocycles. The van der Waals surface area contributed by atoms with Gasteiger partial charge in [0.15, 0.2) is 0 Å². The zero-order valence-electron chi connectivity index (χ0n) is 10.2. The topological polar surface area (TPSA) is 107 Å². The van der Waals surface area contributed by atoms with Crippen molar-refractivity contribution in [3.63, 3.8) is 0 Å². The average molecular weight is 387 g/mol. The molecule has 0 fully saturated rings. The molecule has 0 aliphatic rings. The number of sulfonamides is 1. The van der Waals surface area contributed by atoms with Gasteiger partial charge in [0.05, 0.1) is 11.3 Å². The van der Waals surface area contributed by atoms with Gasteiger partial charge in [-0.1, -0.05) is 0 Å². The van der Waals surface area contributed by atoms with Gasteiger partial charge in [-0.25, -0.2) is 13.2 Å². The van der Waals surface area contributed by atoms with Crippen LogP contribution in [0.4, 0.5) is 5.69 Å². The van der Waals surface area contributed by atoms with Crippen LogP contribution in [0.1, 0.15) is 15.2 Å². The molecule has 1 heterocycles. The molecular formula is C12H7BrN2O4S2. The van der Waals surface area contributed by atoms with Crippen LogP contribution in [-0.2, 0) is 10.0 Å². The van der Waals surface area contributed by atoms with Crippen molar-refractivity contribution in [2.75, 3.05) is 4.72 Å². The Morgan fingerprint density at radius 1 is 1.33 bits per heavy atom. The van der Waals surface area contributed by atoms with Gasteiger partial charge in [0.2, 0.25) is 0 Å². The van der Waals surface area contributed by atoms with E-state index < -0.39 is 16.0 Å². The van der Waals surface area contributed by atoms with Crippen molar-refractivity contribution in [3.8, 4) is 6.07 Å². The van der Waals surface area contributed by atoms with Crippen LogP contribution in [0.3, 0.4) is 0 Å². The number of aromatic carboxylic acids is 1. The van der Waals surface area contributed by atoms with E-state index in [1.54, 1.807) is 0 Å². The van der Waals surface area contributed by atoms with Crippen LogP contribution in [0.15, 0.2) is 39.0 Å². The molecule has 6 nitrogen and oxygen atoms in total. The summed E-state index contributed by atoms with van der Waals surface area (Å²) in [6.07, 6.45) is 0. The Balaban J connectivity index is 2.33. The Morgan fingerprint density at radius 2 is 2.05 bits per heavy atom. The Morgan fingerprint density at radius 3 is 2.57 bits per heavy atom. The lowest BCUT2D eigenvalue weighted by Crippen LogP contribution is -2.12. The number of anilines is 1. The van der Waals surface area contributed by atoms with Gasteiger partial charge in [-0.15, -0.1) is 11.3 Å². The number of halogens is 1. The van der Waals surface area contributed by atoms with E-state index in [-0.39, 0.29) is 20.3 Å². The molecule has 0 unspecified atom stereocenters. The normalized spacial score (nSPS) is 10.9. The summed E-state index contributed by atoms with van der Waals surface area (Å²) >= 11 is 3.97. The lowest BCUT2D eigenvalue weighted by molar-refractivity contribution is 0.0697. The number of nitriles is 1. The lowest BCUT2D eigenvalue weighted by Gasteiger charge is -2.08. The number of carboxylic acids is 1. The maximum atomic E-state index is 12.2. The summed E-state index contributed by atoms with van der Waals surface area (Å²) in [4.78, 5) is 11.1. The fourth-order valence-electron chi connectivity index (χ4n) is 1.45. The Hall–Kier alpha value is -1.89. The summed E-state index contributed by atoms with van der Waals surface area (Å²) in [5, 5.41) is 17.6. The highest BCUT2D eigenvalue weighted by molar-refractivity contribution is 9.10.